The third kappa shape index (κ3) is 3.99. The molecule has 0 saturated heterocycles. The van der Waals surface area contributed by atoms with E-state index in [1.807, 2.05) is 79.9 Å². The summed E-state index contributed by atoms with van der Waals surface area (Å²) < 4.78 is 1.40. The molecule has 0 aliphatic carbocycles. The molecule has 0 aliphatic rings. The average molecular weight is 430 g/mol. The number of aromatic nitrogens is 2. The van der Waals surface area contributed by atoms with Crippen molar-refractivity contribution in [2.24, 2.45) is 0 Å². The summed E-state index contributed by atoms with van der Waals surface area (Å²) in [5.41, 5.74) is 2.32. The molecule has 1 aromatic heterocycles. The molecule has 0 bridgehead atoms. The molecule has 31 heavy (non-hydrogen) atoms. The Balaban J connectivity index is 1.96. The summed E-state index contributed by atoms with van der Waals surface area (Å²) in [6.07, 6.45) is 2.01. The number of nitrogens with one attached hydrogen (secondary N) is 1. The van der Waals surface area contributed by atoms with E-state index >= 15 is 0 Å². The summed E-state index contributed by atoms with van der Waals surface area (Å²) in [5.74, 6) is -0.209. The van der Waals surface area contributed by atoms with Gasteiger partial charge >= 0.3 is 0 Å². The van der Waals surface area contributed by atoms with Crippen LogP contribution >= 0.6 is 11.8 Å². The maximum atomic E-state index is 13.2. The molecule has 5 nitrogen and oxygen atoms in total. The molecule has 1 heterocycles. The van der Waals surface area contributed by atoms with E-state index in [9.17, 15) is 9.59 Å². The Morgan fingerprint density at radius 1 is 1.03 bits per heavy atom. The number of carbonyl (C=O) groups is 1. The minimum absolute atomic E-state index is 0.209. The van der Waals surface area contributed by atoms with Gasteiger partial charge in [0.1, 0.15) is 11.4 Å². The minimum atomic E-state index is -0.315. The summed E-state index contributed by atoms with van der Waals surface area (Å²) in [6, 6.07) is 21.6. The molecule has 0 spiro atoms. The van der Waals surface area contributed by atoms with Gasteiger partial charge in [-0.05, 0) is 43.7 Å². The summed E-state index contributed by atoms with van der Waals surface area (Å²) >= 11 is 1.64. The molecule has 4 rings (SSSR count). The van der Waals surface area contributed by atoms with E-state index in [0.29, 0.717) is 17.8 Å². The van der Waals surface area contributed by atoms with Crippen molar-refractivity contribution in [3.8, 4) is 11.3 Å². The van der Waals surface area contributed by atoms with Gasteiger partial charge in [0, 0.05) is 28.1 Å². The summed E-state index contributed by atoms with van der Waals surface area (Å²) in [6.45, 7) is 3.74. The first-order chi connectivity index (χ1) is 15.0. The Morgan fingerprint density at radius 2 is 1.74 bits per heavy atom. The van der Waals surface area contributed by atoms with E-state index in [4.69, 9.17) is 0 Å². The lowest BCUT2D eigenvalue weighted by atomic mass is 10.0. The highest BCUT2D eigenvalue weighted by Crippen LogP contribution is 2.31. The van der Waals surface area contributed by atoms with E-state index in [0.717, 1.165) is 26.9 Å². The second-order valence-corrected chi connectivity index (χ2v) is 8.04. The second kappa shape index (κ2) is 8.78. The first-order valence-electron chi connectivity index (χ1n) is 10.1. The Labute approximate surface area is 185 Å². The molecule has 0 atom stereocenters. The fourth-order valence-corrected chi connectivity index (χ4v) is 4.07. The molecule has 0 aliphatic heterocycles. The first kappa shape index (κ1) is 20.9. The molecule has 0 unspecified atom stereocenters. The van der Waals surface area contributed by atoms with Gasteiger partial charge in [0.15, 0.2) is 5.78 Å². The number of nitrogens with zero attached hydrogens (tertiary/aromatic N) is 2. The van der Waals surface area contributed by atoms with E-state index < -0.39 is 0 Å². The van der Waals surface area contributed by atoms with Crippen LogP contribution < -0.4 is 10.9 Å². The fourth-order valence-electron chi connectivity index (χ4n) is 3.66. The van der Waals surface area contributed by atoms with E-state index in [1.54, 1.807) is 11.8 Å². The van der Waals surface area contributed by atoms with Crippen LogP contribution in [0, 0.1) is 0 Å². The quantitative estimate of drug-likeness (QED) is 0.312. The number of hydrogen-bond donors (Lipinski definition) is 1. The average Bonchev–Trinajstić information content (AvgIpc) is 2.80. The van der Waals surface area contributed by atoms with Crippen molar-refractivity contribution in [3.05, 3.63) is 82.6 Å². The Hall–Kier alpha value is -3.38. The minimum Gasteiger partial charge on any atom is -0.350 e. The monoisotopic (exact) mass is 429 g/mol. The van der Waals surface area contributed by atoms with Gasteiger partial charge in [0.25, 0.3) is 5.56 Å². The van der Waals surface area contributed by atoms with Crippen LogP contribution in [0.4, 0.5) is 11.4 Å². The van der Waals surface area contributed by atoms with Crippen LogP contribution in [-0.2, 0) is 6.54 Å². The Kier molecular flexibility index (Phi) is 5.91. The number of carbonyl (C=O) groups excluding carboxylic acids is 1. The largest absolute Gasteiger partial charge is 0.350 e. The predicted molar refractivity (Wildman–Crippen MR) is 129 cm³/mol. The standard InChI is InChI=1S/C25H23N3O2S/c1-4-28-25(30)24(26-21-11-7-9-17-8-5-6-10-20(17)21)22(16(2)29)23(27-28)18-12-14-19(31-3)15-13-18/h5-15,26H,4H2,1-3H3. The highest BCUT2D eigenvalue weighted by Gasteiger charge is 2.22. The maximum absolute atomic E-state index is 13.2. The molecular weight excluding hydrogens is 406 g/mol. The fraction of sp³-hybridized carbons (Fsp3) is 0.160. The number of anilines is 2. The lowest BCUT2D eigenvalue weighted by molar-refractivity contribution is 0.101. The summed E-state index contributed by atoms with van der Waals surface area (Å²) in [7, 11) is 0. The highest BCUT2D eigenvalue weighted by molar-refractivity contribution is 7.98. The van der Waals surface area contributed by atoms with Crippen LogP contribution in [0.25, 0.3) is 22.0 Å². The molecule has 0 radical (unpaired) electrons. The third-order valence-corrected chi connectivity index (χ3v) is 5.96. The molecule has 4 aromatic rings. The number of thioether (sulfide) groups is 1. The van der Waals surface area contributed by atoms with Crippen molar-refractivity contribution in [1.29, 1.82) is 0 Å². The van der Waals surface area contributed by atoms with Crippen LogP contribution in [-0.4, -0.2) is 21.8 Å². The lowest BCUT2D eigenvalue weighted by Gasteiger charge is -2.17. The Morgan fingerprint density at radius 3 is 2.42 bits per heavy atom. The molecule has 0 amide bonds. The van der Waals surface area contributed by atoms with Crippen LogP contribution in [0.15, 0.2) is 76.4 Å². The lowest BCUT2D eigenvalue weighted by Crippen LogP contribution is -2.28. The number of aryl methyl sites for hydroxylation is 1. The molecule has 156 valence electrons. The van der Waals surface area contributed by atoms with Gasteiger partial charge in [-0.3, -0.25) is 9.59 Å². The van der Waals surface area contributed by atoms with Gasteiger partial charge in [-0.25, -0.2) is 4.68 Å². The van der Waals surface area contributed by atoms with E-state index in [2.05, 4.69) is 10.4 Å². The zero-order valence-corrected chi connectivity index (χ0v) is 18.5. The predicted octanol–water partition coefficient (Wildman–Crippen LogP) is 5.75. The maximum Gasteiger partial charge on any atom is 0.291 e. The number of ketones is 1. The molecular formula is C25H23N3O2S. The van der Waals surface area contributed by atoms with Gasteiger partial charge in [-0.2, -0.15) is 5.10 Å². The normalized spacial score (nSPS) is 10.9. The van der Waals surface area contributed by atoms with Gasteiger partial charge in [-0.1, -0.05) is 48.5 Å². The van der Waals surface area contributed by atoms with Crippen LogP contribution in [0.1, 0.15) is 24.2 Å². The number of Topliss-reactive ketones (excluding diaryl/α,β-unsaturated/α-hetero) is 1. The van der Waals surface area contributed by atoms with Gasteiger partial charge < -0.3 is 5.32 Å². The Bertz CT molecular complexity index is 1320. The topological polar surface area (TPSA) is 64.0 Å². The van der Waals surface area contributed by atoms with Crippen LogP contribution in [0.2, 0.25) is 0 Å². The zero-order valence-electron chi connectivity index (χ0n) is 17.7. The zero-order chi connectivity index (χ0) is 22.0. The molecule has 1 N–H and O–H groups in total. The van der Waals surface area contributed by atoms with E-state index in [1.165, 1.54) is 11.6 Å². The number of hydrogen-bond acceptors (Lipinski definition) is 5. The molecule has 3 aromatic carbocycles. The SMILES string of the molecule is CCn1nc(-c2ccc(SC)cc2)c(C(C)=O)c(Nc2cccc3ccccc23)c1=O. The van der Waals surface area contributed by atoms with Gasteiger partial charge in [0.2, 0.25) is 0 Å². The van der Waals surface area contributed by atoms with Crippen molar-refractivity contribution in [2.45, 2.75) is 25.3 Å². The van der Waals surface area contributed by atoms with Crippen LogP contribution in [0.3, 0.4) is 0 Å². The molecule has 0 fully saturated rings. The summed E-state index contributed by atoms with van der Waals surface area (Å²) in [4.78, 5) is 27.1. The number of fused-ring (bicyclic) bond motifs is 1. The second-order valence-electron chi connectivity index (χ2n) is 7.16. The number of rotatable bonds is 6. The van der Waals surface area contributed by atoms with Crippen molar-refractivity contribution in [1.82, 2.24) is 9.78 Å². The first-order valence-corrected chi connectivity index (χ1v) is 11.3. The molecule has 6 heteroatoms. The summed E-state index contributed by atoms with van der Waals surface area (Å²) in [5, 5.41) is 9.84. The van der Waals surface area contributed by atoms with Crippen molar-refractivity contribution in [2.75, 3.05) is 11.6 Å². The van der Waals surface area contributed by atoms with Crippen molar-refractivity contribution < 1.29 is 4.79 Å². The highest BCUT2D eigenvalue weighted by atomic mass is 32.2. The van der Waals surface area contributed by atoms with Gasteiger partial charge in [-0.15, -0.1) is 11.8 Å². The smallest absolute Gasteiger partial charge is 0.291 e. The van der Waals surface area contributed by atoms with Crippen molar-refractivity contribution >= 4 is 39.7 Å². The molecule has 0 saturated carbocycles. The van der Waals surface area contributed by atoms with Crippen LogP contribution in [0.5, 0.6) is 0 Å². The van der Waals surface area contributed by atoms with E-state index in [-0.39, 0.29) is 17.0 Å². The number of benzene rings is 3. The third-order valence-electron chi connectivity index (χ3n) is 5.22. The van der Waals surface area contributed by atoms with Crippen molar-refractivity contribution in [3.63, 3.8) is 0 Å². The van der Waals surface area contributed by atoms with Gasteiger partial charge in [0.05, 0.1) is 5.56 Å².